The number of thiazole rings is 2. The van der Waals surface area contributed by atoms with Gasteiger partial charge in [-0.3, -0.25) is 9.59 Å². The molecule has 0 atom stereocenters. The molecule has 8 rings (SSSR count). The Balaban J connectivity index is 0.843. The monoisotopic (exact) mass is 722 g/mol. The number of benzene rings is 6. The number of nitrogens with zero attached hydrogens (tertiary/aromatic N) is 2. The van der Waals surface area contributed by atoms with E-state index in [0.29, 0.717) is 11.1 Å². The molecule has 0 saturated carbocycles. The lowest BCUT2D eigenvalue weighted by molar-refractivity contribution is 0.101. The molecule has 0 aliphatic rings. The van der Waals surface area contributed by atoms with Gasteiger partial charge in [-0.05, 0) is 108 Å². The van der Waals surface area contributed by atoms with Gasteiger partial charge in [0.1, 0.15) is 0 Å². The maximum atomic E-state index is 13.0. The van der Waals surface area contributed by atoms with Crippen LogP contribution in [0.1, 0.15) is 20.7 Å². The SMILES string of the molecule is O=C(Nc1ccc(Sc2nc3ccccc3s2)cc1)c1ccc(-c2ccc(C(=O)Nc3ccc(Sc4nc5ccccc5s4)cc3)cc2)cc1. The smallest absolute Gasteiger partial charge is 0.255 e. The number of nitrogens with one attached hydrogen (secondary N) is 2. The van der Waals surface area contributed by atoms with Gasteiger partial charge in [-0.25, -0.2) is 9.97 Å². The number of aromatic nitrogens is 2. The van der Waals surface area contributed by atoms with Gasteiger partial charge in [0.05, 0.1) is 20.4 Å². The summed E-state index contributed by atoms with van der Waals surface area (Å²) >= 11 is 6.56. The van der Waals surface area contributed by atoms with Crippen LogP contribution in [0.4, 0.5) is 11.4 Å². The highest BCUT2D eigenvalue weighted by Gasteiger charge is 2.11. The first-order valence-corrected chi connectivity index (χ1v) is 18.9. The van der Waals surface area contributed by atoms with Gasteiger partial charge in [0.25, 0.3) is 11.8 Å². The summed E-state index contributed by atoms with van der Waals surface area (Å²) in [6.07, 6.45) is 0. The second kappa shape index (κ2) is 14.3. The van der Waals surface area contributed by atoms with Crippen LogP contribution >= 0.6 is 46.2 Å². The summed E-state index contributed by atoms with van der Waals surface area (Å²) in [4.78, 5) is 37.4. The van der Waals surface area contributed by atoms with Crippen molar-refractivity contribution in [3.05, 3.63) is 157 Å². The first-order valence-electron chi connectivity index (χ1n) is 15.6. The largest absolute Gasteiger partial charge is 0.322 e. The van der Waals surface area contributed by atoms with E-state index in [-0.39, 0.29) is 11.8 Å². The number of hydrogen-bond donors (Lipinski definition) is 2. The van der Waals surface area contributed by atoms with Crippen LogP contribution in [-0.2, 0) is 0 Å². The highest BCUT2D eigenvalue weighted by Crippen LogP contribution is 2.36. The van der Waals surface area contributed by atoms with Gasteiger partial charge in [0.15, 0.2) is 8.68 Å². The maximum absolute atomic E-state index is 13.0. The number of carbonyl (C=O) groups excluding carboxylic acids is 2. The normalized spacial score (nSPS) is 11.1. The minimum Gasteiger partial charge on any atom is -0.322 e. The lowest BCUT2D eigenvalue weighted by Gasteiger charge is -2.09. The molecule has 6 nitrogen and oxygen atoms in total. The van der Waals surface area contributed by atoms with Gasteiger partial charge < -0.3 is 10.6 Å². The van der Waals surface area contributed by atoms with Gasteiger partial charge in [0.2, 0.25) is 0 Å². The summed E-state index contributed by atoms with van der Waals surface area (Å²) < 4.78 is 4.30. The Morgan fingerprint density at radius 1 is 0.460 bits per heavy atom. The summed E-state index contributed by atoms with van der Waals surface area (Å²) in [7, 11) is 0. The van der Waals surface area contributed by atoms with E-state index in [4.69, 9.17) is 0 Å². The molecule has 8 aromatic rings. The predicted molar refractivity (Wildman–Crippen MR) is 208 cm³/mol. The van der Waals surface area contributed by atoms with Crippen molar-refractivity contribution in [1.82, 2.24) is 9.97 Å². The molecule has 2 heterocycles. The van der Waals surface area contributed by atoms with Crippen LogP contribution in [0.5, 0.6) is 0 Å². The molecule has 0 unspecified atom stereocenters. The van der Waals surface area contributed by atoms with Gasteiger partial charge in [0, 0.05) is 32.3 Å². The highest BCUT2D eigenvalue weighted by molar-refractivity contribution is 8.01. The Kier molecular flexibility index (Phi) is 9.15. The fourth-order valence-corrected chi connectivity index (χ4v) is 9.32. The lowest BCUT2D eigenvalue weighted by Crippen LogP contribution is -2.11. The molecule has 6 aromatic carbocycles. The molecule has 0 saturated heterocycles. The minimum absolute atomic E-state index is 0.182. The van der Waals surface area contributed by atoms with Crippen molar-refractivity contribution in [1.29, 1.82) is 0 Å². The van der Waals surface area contributed by atoms with Crippen LogP contribution in [0.15, 0.2) is 164 Å². The lowest BCUT2D eigenvalue weighted by atomic mass is 10.0. The number of fused-ring (bicyclic) bond motifs is 2. The zero-order valence-electron chi connectivity index (χ0n) is 26.2. The van der Waals surface area contributed by atoms with Crippen molar-refractivity contribution in [2.45, 2.75) is 18.5 Å². The number of anilines is 2. The van der Waals surface area contributed by atoms with Crippen LogP contribution < -0.4 is 10.6 Å². The number of rotatable bonds is 9. The van der Waals surface area contributed by atoms with E-state index in [9.17, 15) is 9.59 Å². The first-order chi connectivity index (χ1) is 24.5. The van der Waals surface area contributed by atoms with Crippen molar-refractivity contribution in [3.8, 4) is 11.1 Å². The Labute approximate surface area is 304 Å². The topological polar surface area (TPSA) is 84.0 Å². The summed E-state index contributed by atoms with van der Waals surface area (Å²) in [6, 6.07) is 46.7. The molecule has 0 fully saturated rings. The number of hydrogen-bond acceptors (Lipinski definition) is 8. The van der Waals surface area contributed by atoms with E-state index in [0.717, 1.165) is 52.0 Å². The molecule has 10 heteroatoms. The summed E-state index contributed by atoms with van der Waals surface area (Å²) in [5, 5.41) is 5.96. The van der Waals surface area contributed by atoms with Crippen LogP contribution in [0.3, 0.4) is 0 Å². The van der Waals surface area contributed by atoms with E-state index in [1.807, 2.05) is 109 Å². The quantitative estimate of drug-likeness (QED) is 0.154. The zero-order valence-corrected chi connectivity index (χ0v) is 29.5. The Hall–Kier alpha value is -5.26. The van der Waals surface area contributed by atoms with Gasteiger partial charge in [-0.2, -0.15) is 0 Å². The summed E-state index contributed by atoms with van der Waals surface area (Å²) in [5.41, 5.74) is 6.47. The third-order valence-electron chi connectivity index (χ3n) is 7.81. The third kappa shape index (κ3) is 7.34. The van der Waals surface area contributed by atoms with E-state index < -0.39 is 0 Å². The summed E-state index contributed by atoms with van der Waals surface area (Å²) in [5.74, 6) is -0.364. The maximum Gasteiger partial charge on any atom is 0.255 e. The second-order valence-corrected chi connectivity index (χ2v) is 15.9. The molecule has 0 aliphatic heterocycles. The minimum atomic E-state index is -0.182. The van der Waals surface area contributed by atoms with Crippen LogP contribution in [0.2, 0.25) is 0 Å². The fraction of sp³-hybridized carbons (Fsp3) is 0. The highest BCUT2D eigenvalue weighted by atomic mass is 32.2. The van der Waals surface area contributed by atoms with Crippen molar-refractivity contribution < 1.29 is 9.59 Å². The molecule has 0 bridgehead atoms. The molecule has 2 aromatic heterocycles. The molecule has 2 amide bonds. The van der Waals surface area contributed by atoms with Gasteiger partial charge in [-0.1, -0.05) is 72.1 Å². The molecule has 50 heavy (non-hydrogen) atoms. The zero-order chi connectivity index (χ0) is 33.9. The third-order valence-corrected chi connectivity index (χ3v) is 12.0. The van der Waals surface area contributed by atoms with E-state index in [1.165, 1.54) is 9.40 Å². The average molecular weight is 723 g/mol. The van der Waals surface area contributed by atoms with Crippen molar-refractivity contribution in [2.24, 2.45) is 0 Å². The van der Waals surface area contributed by atoms with E-state index >= 15 is 0 Å². The summed E-state index contributed by atoms with van der Waals surface area (Å²) in [6.45, 7) is 0. The molecule has 242 valence electrons. The molecule has 0 radical (unpaired) electrons. The van der Waals surface area contributed by atoms with Crippen LogP contribution in [-0.4, -0.2) is 21.8 Å². The molecule has 0 spiro atoms. The first kappa shape index (κ1) is 32.0. The number of para-hydroxylation sites is 2. The standard InChI is InChI=1S/C40H26N4O2S4/c45-37(41-29-17-21-31(22-18-29)47-39-43-33-5-1-3-7-35(33)49-39)27-13-9-25(10-14-27)26-11-15-28(16-12-26)38(46)42-30-19-23-32(24-20-30)48-40-44-34-6-2-4-8-36(34)50-40/h1-24H,(H,41,45)(H,42,46). The predicted octanol–water partition coefficient (Wildman–Crippen LogP) is 11.4. The second-order valence-electron chi connectivity index (χ2n) is 11.2. The average Bonchev–Trinajstić information content (AvgIpc) is 3.76. The molecule has 0 aliphatic carbocycles. The van der Waals surface area contributed by atoms with Gasteiger partial charge >= 0.3 is 0 Å². The Morgan fingerprint density at radius 2 is 0.840 bits per heavy atom. The van der Waals surface area contributed by atoms with Crippen LogP contribution in [0, 0.1) is 0 Å². The molecular weight excluding hydrogens is 697 g/mol. The Bertz CT molecular complexity index is 2220. The number of carbonyl (C=O) groups is 2. The van der Waals surface area contributed by atoms with Crippen molar-refractivity contribution >= 4 is 89.8 Å². The molecular formula is C40H26N4O2S4. The Morgan fingerprint density at radius 3 is 1.22 bits per heavy atom. The van der Waals surface area contributed by atoms with E-state index in [2.05, 4.69) is 32.7 Å². The fourth-order valence-electron chi connectivity index (χ4n) is 5.24. The van der Waals surface area contributed by atoms with Crippen molar-refractivity contribution in [2.75, 3.05) is 10.6 Å². The number of amides is 2. The van der Waals surface area contributed by atoms with Crippen molar-refractivity contribution in [3.63, 3.8) is 0 Å². The van der Waals surface area contributed by atoms with E-state index in [1.54, 1.807) is 70.5 Å². The molecule has 2 N–H and O–H groups in total. The van der Waals surface area contributed by atoms with Crippen LogP contribution in [0.25, 0.3) is 31.6 Å². The van der Waals surface area contributed by atoms with Gasteiger partial charge in [-0.15, -0.1) is 22.7 Å².